The second kappa shape index (κ2) is 5.39. The van der Waals surface area contributed by atoms with Crippen molar-refractivity contribution in [2.75, 3.05) is 18.9 Å². The summed E-state index contributed by atoms with van der Waals surface area (Å²) in [6, 6.07) is 5.67. The van der Waals surface area contributed by atoms with Gasteiger partial charge in [-0.3, -0.25) is 0 Å². The summed E-state index contributed by atoms with van der Waals surface area (Å²) in [6.45, 7) is 2.52. The van der Waals surface area contributed by atoms with E-state index in [1.54, 1.807) is 0 Å². The van der Waals surface area contributed by atoms with E-state index in [4.69, 9.17) is 22.1 Å². The van der Waals surface area contributed by atoms with E-state index in [-0.39, 0.29) is 0 Å². The van der Waals surface area contributed by atoms with Crippen LogP contribution < -0.4 is 5.73 Å². The molecule has 0 aliphatic heterocycles. The number of anilines is 1. The Kier molecular flexibility index (Phi) is 3.62. The van der Waals surface area contributed by atoms with Gasteiger partial charge in [-0.2, -0.15) is 0 Å². The van der Waals surface area contributed by atoms with Crippen LogP contribution in [0.3, 0.4) is 0 Å². The first-order valence-corrected chi connectivity index (χ1v) is 7.11. The number of benzene rings is 1. The van der Waals surface area contributed by atoms with E-state index >= 15 is 0 Å². The molecule has 1 aliphatic rings. The van der Waals surface area contributed by atoms with Gasteiger partial charge in [0.15, 0.2) is 0 Å². The number of hydrogen-bond donors (Lipinski definition) is 1. The molecule has 5 heteroatoms. The fraction of sp³-hybridized carbons (Fsp3) is 0.500. The highest BCUT2D eigenvalue weighted by Crippen LogP contribution is 2.28. The van der Waals surface area contributed by atoms with Gasteiger partial charge in [-0.1, -0.05) is 11.6 Å². The van der Waals surface area contributed by atoms with E-state index in [0.29, 0.717) is 11.0 Å². The fourth-order valence-corrected chi connectivity index (χ4v) is 2.38. The second-order valence-corrected chi connectivity index (χ2v) is 5.56. The van der Waals surface area contributed by atoms with Crippen LogP contribution in [-0.2, 0) is 11.3 Å². The van der Waals surface area contributed by atoms with Crippen LogP contribution in [0.25, 0.3) is 11.0 Å². The molecule has 1 aromatic carbocycles. The zero-order valence-electron chi connectivity index (χ0n) is 10.8. The standard InChI is InChI=1S/C14H18ClN3O/c15-11-4-5-13-12(8-11)17-14(16)18(13)6-1-7-19-9-10-2-3-10/h4-5,8,10H,1-3,6-7,9H2,(H2,16,17). The highest BCUT2D eigenvalue weighted by atomic mass is 35.5. The van der Waals surface area contributed by atoms with E-state index in [2.05, 4.69) is 4.98 Å². The molecule has 0 unspecified atom stereocenters. The predicted octanol–water partition coefficient (Wildman–Crippen LogP) is 3.09. The van der Waals surface area contributed by atoms with Gasteiger partial charge in [-0.25, -0.2) is 4.98 Å². The average molecular weight is 280 g/mol. The lowest BCUT2D eigenvalue weighted by Gasteiger charge is -2.07. The smallest absolute Gasteiger partial charge is 0.201 e. The van der Waals surface area contributed by atoms with Crippen molar-refractivity contribution in [3.05, 3.63) is 23.2 Å². The zero-order valence-corrected chi connectivity index (χ0v) is 11.6. The van der Waals surface area contributed by atoms with Crippen LogP contribution in [0.15, 0.2) is 18.2 Å². The minimum atomic E-state index is 0.541. The largest absolute Gasteiger partial charge is 0.381 e. The monoisotopic (exact) mass is 279 g/mol. The molecule has 1 aromatic heterocycles. The molecule has 0 saturated heterocycles. The molecule has 4 nitrogen and oxygen atoms in total. The highest BCUT2D eigenvalue weighted by Gasteiger charge is 2.20. The number of nitrogens with zero attached hydrogens (tertiary/aromatic N) is 2. The minimum Gasteiger partial charge on any atom is -0.381 e. The third-order valence-corrected chi connectivity index (χ3v) is 3.70. The Labute approximate surface area is 117 Å². The van der Waals surface area contributed by atoms with Gasteiger partial charge in [-0.05, 0) is 43.4 Å². The topological polar surface area (TPSA) is 53.1 Å². The Hall–Kier alpha value is -1.26. The first kappa shape index (κ1) is 12.8. The maximum absolute atomic E-state index is 5.95. The molecule has 2 aromatic rings. The van der Waals surface area contributed by atoms with Crippen LogP contribution in [0.2, 0.25) is 5.02 Å². The molecule has 102 valence electrons. The van der Waals surface area contributed by atoms with Gasteiger partial charge in [0.05, 0.1) is 11.0 Å². The fourth-order valence-electron chi connectivity index (χ4n) is 2.22. The van der Waals surface area contributed by atoms with Gasteiger partial charge in [-0.15, -0.1) is 0 Å². The van der Waals surface area contributed by atoms with Crippen LogP contribution >= 0.6 is 11.6 Å². The maximum atomic E-state index is 5.95. The minimum absolute atomic E-state index is 0.541. The number of imidazole rings is 1. The van der Waals surface area contributed by atoms with Crippen molar-refractivity contribution in [3.8, 4) is 0 Å². The highest BCUT2D eigenvalue weighted by molar-refractivity contribution is 6.31. The molecule has 0 radical (unpaired) electrons. The maximum Gasteiger partial charge on any atom is 0.201 e. The van der Waals surface area contributed by atoms with Gasteiger partial charge >= 0.3 is 0 Å². The van der Waals surface area contributed by atoms with E-state index in [0.717, 1.165) is 43.1 Å². The summed E-state index contributed by atoms with van der Waals surface area (Å²) in [5.74, 6) is 1.36. The van der Waals surface area contributed by atoms with E-state index in [1.807, 2.05) is 22.8 Å². The first-order valence-electron chi connectivity index (χ1n) is 6.73. The second-order valence-electron chi connectivity index (χ2n) is 5.13. The molecule has 2 N–H and O–H groups in total. The van der Waals surface area contributed by atoms with Crippen molar-refractivity contribution in [1.82, 2.24) is 9.55 Å². The lowest BCUT2D eigenvalue weighted by molar-refractivity contribution is 0.119. The van der Waals surface area contributed by atoms with Crippen molar-refractivity contribution in [2.24, 2.45) is 5.92 Å². The Morgan fingerprint density at radius 1 is 1.42 bits per heavy atom. The SMILES string of the molecule is Nc1nc2cc(Cl)ccc2n1CCCOCC1CC1. The number of hydrogen-bond acceptors (Lipinski definition) is 3. The normalized spacial score (nSPS) is 15.2. The summed E-state index contributed by atoms with van der Waals surface area (Å²) >= 11 is 5.95. The van der Waals surface area contributed by atoms with Crippen molar-refractivity contribution >= 4 is 28.6 Å². The molecular formula is C14H18ClN3O. The van der Waals surface area contributed by atoms with Crippen molar-refractivity contribution < 1.29 is 4.74 Å². The van der Waals surface area contributed by atoms with Crippen molar-refractivity contribution in [3.63, 3.8) is 0 Å². The van der Waals surface area contributed by atoms with Crippen LogP contribution in [0, 0.1) is 5.92 Å². The van der Waals surface area contributed by atoms with Crippen molar-refractivity contribution in [2.45, 2.75) is 25.8 Å². The number of nitrogen functional groups attached to an aromatic ring is 1. The number of nitrogens with two attached hydrogens (primary N) is 1. The third kappa shape index (κ3) is 3.01. The summed E-state index contributed by atoms with van der Waals surface area (Å²) < 4.78 is 7.65. The van der Waals surface area contributed by atoms with Crippen LogP contribution in [0.1, 0.15) is 19.3 Å². The van der Waals surface area contributed by atoms with Gasteiger partial charge in [0, 0.05) is 24.8 Å². The predicted molar refractivity (Wildman–Crippen MR) is 77.3 cm³/mol. The molecule has 1 heterocycles. The molecule has 0 amide bonds. The third-order valence-electron chi connectivity index (χ3n) is 3.46. The summed E-state index contributed by atoms with van der Waals surface area (Å²) in [5.41, 5.74) is 7.83. The summed E-state index contributed by atoms with van der Waals surface area (Å²) in [6.07, 6.45) is 3.62. The number of aromatic nitrogens is 2. The summed E-state index contributed by atoms with van der Waals surface area (Å²) in [5, 5.41) is 0.685. The Morgan fingerprint density at radius 3 is 3.05 bits per heavy atom. The molecule has 0 spiro atoms. The molecule has 1 saturated carbocycles. The van der Waals surface area contributed by atoms with Gasteiger partial charge in [0.2, 0.25) is 5.95 Å². The number of aryl methyl sites for hydroxylation is 1. The van der Waals surface area contributed by atoms with Crippen LogP contribution in [0.5, 0.6) is 0 Å². The number of rotatable bonds is 6. The molecule has 0 bridgehead atoms. The lowest BCUT2D eigenvalue weighted by atomic mass is 10.3. The molecule has 19 heavy (non-hydrogen) atoms. The summed E-state index contributed by atoms with van der Waals surface area (Å²) in [7, 11) is 0. The quantitative estimate of drug-likeness (QED) is 0.827. The molecule has 0 atom stereocenters. The Morgan fingerprint density at radius 2 is 2.26 bits per heavy atom. The molecule has 3 rings (SSSR count). The molecule has 1 fully saturated rings. The van der Waals surface area contributed by atoms with E-state index in [9.17, 15) is 0 Å². The average Bonchev–Trinajstić information content (AvgIpc) is 3.14. The molecular weight excluding hydrogens is 262 g/mol. The number of ether oxygens (including phenoxy) is 1. The zero-order chi connectivity index (χ0) is 13.2. The van der Waals surface area contributed by atoms with E-state index in [1.165, 1.54) is 12.8 Å². The lowest BCUT2D eigenvalue weighted by Crippen LogP contribution is -2.07. The van der Waals surface area contributed by atoms with Crippen LogP contribution in [0.4, 0.5) is 5.95 Å². The Bertz CT molecular complexity index is 577. The number of halogens is 1. The van der Waals surface area contributed by atoms with Crippen LogP contribution in [-0.4, -0.2) is 22.8 Å². The van der Waals surface area contributed by atoms with Crippen molar-refractivity contribution in [1.29, 1.82) is 0 Å². The first-order chi connectivity index (χ1) is 9.24. The van der Waals surface area contributed by atoms with Gasteiger partial charge in [0.25, 0.3) is 0 Å². The Balaban J connectivity index is 1.61. The van der Waals surface area contributed by atoms with Gasteiger partial charge in [0.1, 0.15) is 0 Å². The summed E-state index contributed by atoms with van der Waals surface area (Å²) in [4.78, 5) is 4.33. The number of fused-ring (bicyclic) bond motifs is 1. The van der Waals surface area contributed by atoms with Gasteiger partial charge < -0.3 is 15.0 Å². The molecule has 1 aliphatic carbocycles. The van der Waals surface area contributed by atoms with E-state index < -0.39 is 0 Å².